The van der Waals surface area contributed by atoms with E-state index in [2.05, 4.69) is 27.3 Å². The van der Waals surface area contributed by atoms with Crippen LogP contribution in [0.3, 0.4) is 0 Å². The number of hydrogen-bond acceptors (Lipinski definition) is 8. The Labute approximate surface area is 199 Å². The number of rotatable bonds is 5. The Kier molecular flexibility index (Phi) is 8.36. The van der Waals surface area contributed by atoms with E-state index in [-0.39, 0.29) is 13.5 Å². The Balaban J connectivity index is 0.000000994. The minimum atomic E-state index is -0.943. The first-order valence-electron chi connectivity index (χ1n) is 11.0. The molecule has 5 heterocycles. The summed E-state index contributed by atoms with van der Waals surface area (Å²) in [7, 11) is 0.500. The second-order valence-corrected chi connectivity index (χ2v) is 10.2. The predicted molar refractivity (Wildman–Crippen MR) is 133 cm³/mol. The predicted octanol–water partition coefficient (Wildman–Crippen LogP) is 4.24. The van der Waals surface area contributed by atoms with Crippen molar-refractivity contribution < 1.29 is 14.2 Å². The van der Waals surface area contributed by atoms with Gasteiger partial charge in [-0.25, -0.2) is 4.98 Å². The lowest BCUT2D eigenvalue weighted by atomic mass is 9.83. The average molecular weight is 479 g/mol. The molecule has 3 unspecified atom stereocenters. The first kappa shape index (κ1) is 25.5. The summed E-state index contributed by atoms with van der Waals surface area (Å²) in [5.74, 6) is 2.09. The fourth-order valence-corrected chi connectivity index (χ4v) is 6.81. The van der Waals surface area contributed by atoms with Crippen LogP contribution in [0.1, 0.15) is 51.2 Å². The maximum atomic E-state index is 11.8. The second-order valence-electron chi connectivity index (χ2n) is 8.54. The number of fused-ring (bicyclic) bond motifs is 2. The summed E-state index contributed by atoms with van der Waals surface area (Å²) in [6.07, 6.45) is 6.76. The zero-order chi connectivity index (χ0) is 22.7. The Bertz CT molecular complexity index is 916. The van der Waals surface area contributed by atoms with E-state index < -0.39 is 5.60 Å². The normalized spacial score (nSPS) is 28.4. The zero-order valence-electron chi connectivity index (χ0n) is 18.5. The highest BCUT2D eigenvalue weighted by Crippen LogP contribution is 2.52. The minimum Gasteiger partial charge on any atom is -0.385 e. The molecule has 10 heteroatoms. The highest BCUT2D eigenvalue weighted by Gasteiger charge is 2.46. The summed E-state index contributed by atoms with van der Waals surface area (Å²) in [6.45, 7) is 4.18. The summed E-state index contributed by atoms with van der Waals surface area (Å²) < 4.78 is 15.1. The van der Waals surface area contributed by atoms with Crippen LogP contribution in [0.4, 0.5) is 21.8 Å². The van der Waals surface area contributed by atoms with Crippen LogP contribution in [0.25, 0.3) is 0 Å². The van der Waals surface area contributed by atoms with Crippen molar-refractivity contribution in [1.82, 2.24) is 15.2 Å². The molecule has 0 radical (unpaired) electrons. The van der Waals surface area contributed by atoms with Crippen molar-refractivity contribution in [2.45, 2.75) is 62.2 Å². The summed E-state index contributed by atoms with van der Waals surface area (Å²) in [4.78, 5) is 7.11. The molecule has 3 fully saturated rings. The number of hydrogen-bond donors (Lipinski definition) is 4. The van der Waals surface area contributed by atoms with Gasteiger partial charge in [0.05, 0.1) is 38.2 Å². The van der Waals surface area contributed by atoms with E-state index in [0.717, 1.165) is 43.6 Å². The summed E-state index contributed by atoms with van der Waals surface area (Å²) in [5.41, 5.74) is 0.505. The summed E-state index contributed by atoms with van der Waals surface area (Å²) >= 11 is 2.01. The number of H-pyrrole nitrogens is 1. The molecule has 0 aliphatic carbocycles. The smallest absolute Gasteiger partial charge is 0.143 e. The van der Waals surface area contributed by atoms with E-state index in [0.29, 0.717) is 48.1 Å². The number of ether oxygens (including phenoxy) is 1. The molecule has 182 valence electrons. The molecule has 2 aromatic heterocycles. The second kappa shape index (κ2) is 10.8. The molecule has 3 atom stereocenters. The largest absolute Gasteiger partial charge is 0.385 e. The van der Waals surface area contributed by atoms with Gasteiger partial charge in [0.15, 0.2) is 0 Å². The third kappa shape index (κ3) is 5.17. The number of morpholine rings is 1. The number of thioether (sulfide) groups is 1. The summed E-state index contributed by atoms with van der Waals surface area (Å²) in [5, 5.41) is 31.1. The van der Waals surface area contributed by atoms with Gasteiger partial charge in [-0.2, -0.15) is 16.9 Å². The van der Waals surface area contributed by atoms with Crippen LogP contribution < -0.4 is 10.2 Å². The van der Waals surface area contributed by atoms with Crippen LogP contribution in [0.15, 0.2) is 18.3 Å². The Morgan fingerprint density at radius 3 is 2.70 bits per heavy atom. The third-order valence-electron chi connectivity index (χ3n) is 6.43. The van der Waals surface area contributed by atoms with Crippen molar-refractivity contribution in [2.24, 2.45) is 0 Å². The molecule has 8 nitrogen and oxygen atoms in total. The Morgan fingerprint density at radius 2 is 2.09 bits per heavy atom. The third-order valence-corrected chi connectivity index (χ3v) is 8.01. The molecule has 4 N–H and O–H groups in total. The van der Waals surface area contributed by atoms with Crippen LogP contribution in [-0.4, -0.2) is 70.0 Å². The van der Waals surface area contributed by atoms with Gasteiger partial charge >= 0.3 is 0 Å². The maximum Gasteiger partial charge on any atom is 0.143 e. The van der Waals surface area contributed by atoms with Crippen LogP contribution in [0.5, 0.6) is 0 Å². The van der Waals surface area contributed by atoms with Gasteiger partial charge < -0.3 is 25.5 Å². The molecule has 0 spiro atoms. The van der Waals surface area contributed by atoms with E-state index in [1.165, 1.54) is 6.21 Å². The lowest BCUT2D eigenvalue weighted by molar-refractivity contribution is 0.0195. The molecule has 3 saturated heterocycles. The van der Waals surface area contributed by atoms with Crippen LogP contribution in [-0.2, 0) is 10.3 Å². The molecule has 3 aliphatic rings. The Hall–Kier alpha value is -2.17. The van der Waals surface area contributed by atoms with Gasteiger partial charge in [-0.05, 0) is 44.2 Å². The van der Waals surface area contributed by atoms with Gasteiger partial charge in [0.1, 0.15) is 17.5 Å². The van der Waals surface area contributed by atoms with Crippen molar-refractivity contribution in [3.63, 3.8) is 0 Å². The zero-order valence-corrected chi connectivity index (χ0v) is 19.3. The van der Waals surface area contributed by atoms with Crippen molar-refractivity contribution >= 4 is 35.4 Å². The first-order chi connectivity index (χ1) is 15.6. The highest BCUT2D eigenvalue weighted by molar-refractivity contribution is 8.00. The molecule has 2 aromatic rings. The van der Waals surface area contributed by atoms with Gasteiger partial charge in [0.25, 0.3) is 0 Å². The standard InChI is InChI=1S/C21H28N6O2S.CH3F.CH4/c1-13-12-29-7-6-27(13)19-8-17(21(28)9-14-2-3-15(10-21)30-14)16(11-22)20(25-19)24-18-4-5-23-26-18;1-2;/h4-5,8,11,13-15,22,28H,2-3,6-7,9-10,12H2,1H3,(H2,23,24,25,26);1H3;1H4. The number of aliphatic hydroxyl groups is 1. The number of alkyl halides is 1. The summed E-state index contributed by atoms with van der Waals surface area (Å²) in [6, 6.07) is 4.03. The fourth-order valence-electron chi connectivity index (χ4n) is 4.97. The molecule has 0 aromatic carbocycles. The quantitative estimate of drug-likeness (QED) is 0.476. The van der Waals surface area contributed by atoms with Crippen LogP contribution >= 0.6 is 11.8 Å². The number of nitrogens with zero attached hydrogens (tertiary/aromatic N) is 3. The van der Waals surface area contributed by atoms with E-state index in [1.807, 2.05) is 23.9 Å². The molecular formula is C23H35FN6O2S. The lowest BCUT2D eigenvalue weighted by Crippen LogP contribution is -2.44. The van der Waals surface area contributed by atoms with Crippen molar-refractivity contribution in [2.75, 3.05) is 37.2 Å². The van der Waals surface area contributed by atoms with Crippen LogP contribution in [0.2, 0.25) is 0 Å². The first-order valence-corrected chi connectivity index (χ1v) is 11.9. The topological polar surface area (TPSA) is 110 Å². The number of anilines is 3. The monoisotopic (exact) mass is 478 g/mol. The maximum absolute atomic E-state index is 11.8. The van der Waals surface area contributed by atoms with Gasteiger partial charge in [-0.15, -0.1) is 0 Å². The molecule has 5 rings (SSSR count). The molecular weight excluding hydrogens is 443 g/mol. The van der Waals surface area contributed by atoms with E-state index in [4.69, 9.17) is 15.1 Å². The fraction of sp³-hybridized carbons (Fsp3) is 0.609. The van der Waals surface area contributed by atoms with Crippen LogP contribution in [0, 0.1) is 5.41 Å². The van der Waals surface area contributed by atoms with Gasteiger partial charge in [0.2, 0.25) is 0 Å². The number of pyridine rings is 1. The highest BCUT2D eigenvalue weighted by atomic mass is 32.2. The van der Waals surface area contributed by atoms with E-state index in [1.54, 1.807) is 6.20 Å². The van der Waals surface area contributed by atoms with E-state index >= 15 is 0 Å². The van der Waals surface area contributed by atoms with Gasteiger partial charge in [0, 0.05) is 34.9 Å². The number of nitrogens with one attached hydrogen (secondary N) is 3. The molecule has 2 bridgehead atoms. The molecule has 3 aliphatic heterocycles. The van der Waals surface area contributed by atoms with Crippen molar-refractivity contribution in [3.05, 3.63) is 29.5 Å². The van der Waals surface area contributed by atoms with Crippen molar-refractivity contribution in [1.29, 1.82) is 5.41 Å². The molecule has 33 heavy (non-hydrogen) atoms. The number of aromatic amines is 1. The Morgan fingerprint density at radius 1 is 1.36 bits per heavy atom. The van der Waals surface area contributed by atoms with E-state index in [9.17, 15) is 9.50 Å². The van der Waals surface area contributed by atoms with Crippen molar-refractivity contribution in [3.8, 4) is 0 Å². The molecule has 0 saturated carbocycles. The number of aromatic nitrogens is 3. The minimum absolute atomic E-state index is 0. The molecule has 0 amide bonds. The SMILES string of the molecule is C.CC1COCCN1c1cc(C2(O)CC3CCC(C2)S3)c(C=N)c(Nc2ccn[nH]2)n1.CF. The lowest BCUT2D eigenvalue weighted by Gasteiger charge is -2.39. The van der Waals surface area contributed by atoms with Gasteiger partial charge in [-0.3, -0.25) is 9.49 Å². The number of halogens is 1. The average Bonchev–Trinajstić information content (AvgIpc) is 3.44. The van der Waals surface area contributed by atoms with Gasteiger partial charge in [-0.1, -0.05) is 7.43 Å².